The molecule has 0 fully saturated rings. The van der Waals surface area contributed by atoms with Gasteiger partial charge in [0.15, 0.2) is 0 Å². The molecule has 104 valence electrons. The summed E-state index contributed by atoms with van der Waals surface area (Å²) in [5.74, 6) is 5.69. The molecule has 1 aromatic heterocycles. The van der Waals surface area contributed by atoms with Crippen LogP contribution in [0.1, 0.15) is 10.4 Å². The highest BCUT2D eigenvalue weighted by atomic mass is 79.9. The highest BCUT2D eigenvalue weighted by Gasteiger charge is 2.12. The lowest BCUT2D eigenvalue weighted by atomic mass is 10.2. The van der Waals surface area contributed by atoms with Crippen LogP contribution in [0.4, 0.5) is 11.4 Å². The molecule has 1 heterocycles. The number of hydrazine groups is 1. The maximum Gasteiger partial charge on any atom is 0.259 e. The lowest BCUT2D eigenvalue weighted by molar-refractivity contribution is 0.102. The number of carbonyl (C=O) groups is 1. The Morgan fingerprint density at radius 1 is 1.40 bits per heavy atom. The zero-order valence-corrected chi connectivity index (χ0v) is 12.3. The van der Waals surface area contributed by atoms with E-state index in [-0.39, 0.29) is 5.91 Å². The summed E-state index contributed by atoms with van der Waals surface area (Å²) in [5, 5.41) is 2.76. The lowest BCUT2D eigenvalue weighted by Crippen LogP contribution is -2.17. The predicted molar refractivity (Wildman–Crippen MR) is 80.7 cm³/mol. The number of rotatable bonds is 4. The normalized spacial score (nSPS) is 9.95. The fourth-order valence-corrected chi connectivity index (χ4v) is 2.12. The monoisotopic (exact) mass is 336 g/mol. The van der Waals surface area contributed by atoms with Gasteiger partial charge in [-0.1, -0.05) is 15.9 Å². The molecule has 6 nitrogen and oxygen atoms in total. The van der Waals surface area contributed by atoms with Crippen molar-refractivity contribution in [2.45, 2.75) is 0 Å². The van der Waals surface area contributed by atoms with Crippen molar-refractivity contribution >= 4 is 33.2 Å². The second-order valence-corrected chi connectivity index (χ2v) is 4.82. The number of benzene rings is 1. The van der Waals surface area contributed by atoms with E-state index in [1.165, 1.54) is 6.20 Å². The third-order valence-electron chi connectivity index (χ3n) is 2.59. The van der Waals surface area contributed by atoms with Crippen LogP contribution < -0.4 is 21.3 Å². The number of nitrogens with one attached hydrogen (secondary N) is 2. The zero-order valence-electron chi connectivity index (χ0n) is 10.7. The van der Waals surface area contributed by atoms with Gasteiger partial charge in [0.2, 0.25) is 0 Å². The molecule has 0 spiro atoms. The molecule has 0 aliphatic carbocycles. The van der Waals surface area contributed by atoms with E-state index in [0.717, 1.165) is 4.47 Å². The van der Waals surface area contributed by atoms with Gasteiger partial charge in [-0.25, -0.2) is 0 Å². The zero-order chi connectivity index (χ0) is 14.5. The van der Waals surface area contributed by atoms with E-state index < -0.39 is 0 Å². The standard InChI is InChI=1S/C13H13BrN4O2/c1-20-10-5-8(14)4-9(6-10)17-13(19)11-7-16-3-2-12(11)18-15/h2-7H,15H2,1H3,(H,16,18)(H,17,19). The van der Waals surface area contributed by atoms with E-state index in [9.17, 15) is 4.79 Å². The Bertz CT molecular complexity index is 634. The smallest absolute Gasteiger partial charge is 0.259 e. The van der Waals surface area contributed by atoms with Gasteiger partial charge in [-0.05, 0) is 18.2 Å². The number of methoxy groups -OCH3 is 1. The van der Waals surface area contributed by atoms with Crippen LogP contribution in [-0.2, 0) is 0 Å². The highest BCUT2D eigenvalue weighted by Crippen LogP contribution is 2.25. The van der Waals surface area contributed by atoms with E-state index in [4.69, 9.17) is 10.6 Å². The molecular formula is C13H13BrN4O2. The first-order valence-corrected chi connectivity index (χ1v) is 6.50. The van der Waals surface area contributed by atoms with E-state index in [2.05, 4.69) is 31.7 Å². The minimum absolute atomic E-state index is 0.314. The average Bonchev–Trinajstić information content (AvgIpc) is 2.46. The molecule has 0 saturated heterocycles. The number of aromatic nitrogens is 1. The number of halogens is 1. The third-order valence-corrected chi connectivity index (χ3v) is 3.04. The number of hydrogen-bond acceptors (Lipinski definition) is 5. The Morgan fingerprint density at radius 2 is 2.20 bits per heavy atom. The van der Waals surface area contributed by atoms with Gasteiger partial charge in [-0.15, -0.1) is 0 Å². The fraction of sp³-hybridized carbons (Fsp3) is 0.0769. The quantitative estimate of drug-likeness (QED) is 0.589. The summed E-state index contributed by atoms with van der Waals surface area (Å²) in [6, 6.07) is 6.91. The van der Waals surface area contributed by atoms with Gasteiger partial charge in [-0.2, -0.15) is 0 Å². The van der Waals surface area contributed by atoms with Crippen LogP contribution in [0.5, 0.6) is 5.75 Å². The molecule has 0 unspecified atom stereocenters. The van der Waals surface area contributed by atoms with E-state index in [1.54, 1.807) is 37.6 Å². The first kappa shape index (κ1) is 14.3. The predicted octanol–water partition coefficient (Wildman–Crippen LogP) is 2.39. The summed E-state index contributed by atoms with van der Waals surface area (Å²) in [5.41, 5.74) is 3.92. The van der Waals surface area contributed by atoms with Crippen molar-refractivity contribution in [1.82, 2.24) is 4.98 Å². The van der Waals surface area contributed by atoms with Crippen molar-refractivity contribution < 1.29 is 9.53 Å². The number of ether oxygens (including phenoxy) is 1. The Labute approximate surface area is 124 Å². The van der Waals surface area contributed by atoms with Gasteiger partial charge in [0.1, 0.15) is 5.75 Å². The summed E-state index contributed by atoms with van der Waals surface area (Å²) in [4.78, 5) is 16.1. The van der Waals surface area contributed by atoms with E-state index in [1.807, 2.05) is 0 Å². The van der Waals surface area contributed by atoms with Gasteiger partial charge in [0.25, 0.3) is 5.91 Å². The van der Waals surface area contributed by atoms with Crippen LogP contribution in [0.2, 0.25) is 0 Å². The van der Waals surface area contributed by atoms with Crippen LogP contribution in [0.15, 0.2) is 41.1 Å². The van der Waals surface area contributed by atoms with Crippen molar-refractivity contribution in [3.63, 3.8) is 0 Å². The third kappa shape index (κ3) is 3.25. The first-order valence-electron chi connectivity index (χ1n) is 5.70. The van der Waals surface area contributed by atoms with Gasteiger partial charge in [0.05, 0.1) is 18.4 Å². The van der Waals surface area contributed by atoms with Crippen molar-refractivity contribution in [3.8, 4) is 5.75 Å². The van der Waals surface area contributed by atoms with Crippen molar-refractivity contribution in [2.24, 2.45) is 5.84 Å². The number of nitrogen functional groups attached to an aromatic ring is 1. The molecular weight excluding hydrogens is 324 g/mol. The Kier molecular flexibility index (Phi) is 4.54. The molecule has 2 rings (SSSR count). The summed E-state index contributed by atoms with van der Waals surface area (Å²) in [6.45, 7) is 0. The van der Waals surface area contributed by atoms with Crippen molar-refractivity contribution in [2.75, 3.05) is 17.9 Å². The number of amides is 1. The number of carbonyl (C=O) groups excluding carboxylic acids is 1. The van der Waals surface area contributed by atoms with E-state index in [0.29, 0.717) is 22.7 Å². The first-order chi connectivity index (χ1) is 9.63. The number of nitrogens with zero attached hydrogens (tertiary/aromatic N) is 1. The molecule has 0 bridgehead atoms. The Morgan fingerprint density at radius 3 is 2.90 bits per heavy atom. The molecule has 4 N–H and O–H groups in total. The van der Waals surface area contributed by atoms with Crippen LogP contribution in [0, 0.1) is 0 Å². The van der Waals surface area contributed by atoms with Gasteiger partial charge in [-0.3, -0.25) is 15.6 Å². The molecule has 0 aliphatic heterocycles. The summed E-state index contributed by atoms with van der Waals surface area (Å²) in [6.07, 6.45) is 2.99. The molecule has 0 atom stereocenters. The number of nitrogens with two attached hydrogens (primary N) is 1. The number of pyridine rings is 1. The molecule has 0 saturated carbocycles. The minimum atomic E-state index is -0.314. The lowest BCUT2D eigenvalue weighted by Gasteiger charge is -2.10. The number of anilines is 2. The van der Waals surface area contributed by atoms with Gasteiger partial charge >= 0.3 is 0 Å². The van der Waals surface area contributed by atoms with Gasteiger partial charge in [0, 0.05) is 28.6 Å². The Hall–Kier alpha value is -2.12. The van der Waals surface area contributed by atoms with Crippen LogP contribution >= 0.6 is 15.9 Å². The van der Waals surface area contributed by atoms with Gasteiger partial charge < -0.3 is 15.5 Å². The molecule has 1 aromatic carbocycles. The maximum atomic E-state index is 12.2. The second-order valence-electron chi connectivity index (χ2n) is 3.90. The van der Waals surface area contributed by atoms with Crippen LogP contribution in [0.25, 0.3) is 0 Å². The average molecular weight is 337 g/mol. The maximum absolute atomic E-state index is 12.2. The SMILES string of the molecule is COc1cc(Br)cc(NC(=O)c2cnccc2NN)c1. The fourth-order valence-electron chi connectivity index (χ4n) is 1.65. The molecule has 1 amide bonds. The van der Waals surface area contributed by atoms with Crippen LogP contribution in [-0.4, -0.2) is 18.0 Å². The molecule has 0 radical (unpaired) electrons. The molecule has 2 aromatic rings. The van der Waals surface area contributed by atoms with Crippen molar-refractivity contribution in [1.29, 1.82) is 0 Å². The molecule has 7 heteroatoms. The summed E-state index contributed by atoms with van der Waals surface area (Å²) >= 11 is 3.35. The summed E-state index contributed by atoms with van der Waals surface area (Å²) in [7, 11) is 1.56. The van der Waals surface area contributed by atoms with E-state index >= 15 is 0 Å². The number of hydrogen-bond donors (Lipinski definition) is 3. The largest absolute Gasteiger partial charge is 0.497 e. The van der Waals surface area contributed by atoms with Crippen molar-refractivity contribution in [3.05, 3.63) is 46.7 Å². The topological polar surface area (TPSA) is 89.3 Å². The molecule has 20 heavy (non-hydrogen) atoms. The molecule has 0 aliphatic rings. The highest BCUT2D eigenvalue weighted by molar-refractivity contribution is 9.10. The minimum Gasteiger partial charge on any atom is -0.497 e. The second kappa shape index (κ2) is 6.36. The van der Waals surface area contributed by atoms with Crippen LogP contribution in [0.3, 0.4) is 0 Å². The Balaban J connectivity index is 2.25. The summed E-state index contributed by atoms with van der Waals surface area (Å²) < 4.78 is 5.94.